The lowest BCUT2D eigenvalue weighted by atomic mass is 10.1. The topological polar surface area (TPSA) is 126 Å². The molecule has 2 aromatic heterocycles. The maximum atomic E-state index is 13.4. The zero-order chi connectivity index (χ0) is 28.8. The molecule has 2 aromatic rings. The second-order valence-corrected chi connectivity index (χ2v) is 8.64. The molecule has 39 heavy (non-hydrogen) atoms. The van der Waals surface area contributed by atoms with Gasteiger partial charge in [-0.15, -0.1) is 0 Å². The first kappa shape index (κ1) is 30.1. The van der Waals surface area contributed by atoms with E-state index in [2.05, 4.69) is 20.4 Å². The molecule has 17 heteroatoms. The number of methoxy groups -OCH3 is 1. The van der Waals surface area contributed by atoms with Gasteiger partial charge in [0.25, 0.3) is 5.56 Å². The number of carbonyl (C=O) groups is 1. The van der Waals surface area contributed by atoms with Crippen LogP contribution in [0.4, 0.5) is 38.0 Å². The lowest BCUT2D eigenvalue weighted by Crippen LogP contribution is -2.49. The zero-order valence-corrected chi connectivity index (χ0v) is 21.0. The Bertz CT molecular complexity index is 1150. The average molecular weight is 567 g/mol. The third kappa shape index (κ3) is 8.01. The number of halogens is 6. The summed E-state index contributed by atoms with van der Waals surface area (Å²) in [7, 11) is 1.36. The summed E-state index contributed by atoms with van der Waals surface area (Å²) in [6, 6.07) is -0.804. The summed E-state index contributed by atoms with van der Waals surface area (Å²) < 4.78 is 88.9. The van der Waals surface area contributed by atoms with Gasteiger partial charge in [-0.05, 0) is 6.92 Å². The summed E-state index contributed by atoms with van der Waals surface area (Å²) in [5.74, 6) is -0.0982. The van der Waals surface area contributed by atoms with E-state index in [4.69, 9.17) is 9.47 Å². The molecule has 1 saturated heterocycles. The van der Waals surface area contributed by atoms with Gasteiger partial charge in [-0.25, -0.2) is 15.1 Å². The van der Waals surface area contributed by atoms with Crippen LogP contribution in [0, 0.1) is 0 Å². The van der Waals surface area contributed by atoms with Crippen LogP contribution in [0.3, 0.4) is 0 Å². The minimum Gasteiger partial charge on any atom is -0.380 e. The summed E-state index contributed by atoms with van der Waals surface area (Å²) in [5.41, 5.74) is -4.31. The summed E-state index contributed by atoms with van der Waals surface area (Å²) in [5, 5.41) is 7.78. The van der Waals surface area contributed by atoms with Gasteiger partial charge in [-0.3, -0.25) is 9.59 Å². The van der Waals surface area contributed by atoms with Crippen molar-refractivity contribution in [3.63, 3.8) is 0 Å². The molecule has 0 aromatic carbocycles. The molecule has 0 bridgehead atoms. The summed E-state index contributed by atoms with van der Waals surface area (Å²) >= 11 is 0. The Labute approximate surface area is 218 Å². The number of alkyl halides is 6. The van der Waals surface area contributed by atoms with Gasteiger partial charge in [0.15, 0.2) is 0 Å². The molecule has 1 amide bonds. The van der Waals surface area contributed by atoms with Crippen molar-refractivity contribution in [1.82, 2.24) is 25.1 Å². The Kier molecular flexibility index (Phi) is 9.71. The van der Waals surface area contributed by atoms with Crippen molar-refractivity contribution in [3.8, 4) is 0 Å². The van der Waals surface area contributed by atoms with Gasteiger partial charge in [0, 0.05) is 45.7 Å². The van der Waals surface area contributed by atoms with Crippen LogP contribution in [0.5, 0.6) is 0 Å². The minimum absolute atomic E-state index is 0.00871. The molecular formula is C22H27F6N7O4. The largest absolute Gasteiger partial charge is 0.423 e. The molecule has 2 N–H and O–H groups in total. The number of anilines is 2. The first-order chi connectivity index (χ1) is 18.3. The molecule has 0 unspecified atom stereocenters. The minimum atomic E-state index is -4.92. The molecule has 1 fully saturated rings. The molecule has 3 heterocycles. The monoisotopic (exact) mass is 567 g/mol. The quantitative estimate of drug-likeness (QED) is 0.328. The molecule has 216 valence electrons. The molecule has 11 nitrogen and oxygen atoms in total. The van der Waals surface area contributed by atoms with Crippen molar-refractivity contribution in [2.24, 2.45) is 0 Å². The van der Waals surface area contributed by atoms with Crippen molar-refractivity contribution in [2.45, 2.75) is 37.8 Å². The van der Waals surface area contributed by atoms with Crippen molar-refractivity contribution < 1.29 is 40.6 Å². The number of carbonyl (C=O) groups excluding carboxylic acids is 1. The second kappa shape index (κ2) is 12.6. The van der Waals surface area contributed by atoms with E-state index in [1.807, 2.05) is 0 Å². The Morgan fingerprint density at radius 1 is 1.08 bits per heavy atom. The van der Waals surface area contributed by atoms with E-state index >= 15 is 0 Å². The van der Waals surface area contributed by atoms with Gasteiger partial charge in [0.1, 0.15) is 5.56 Å². The van der Waals surface area contributed by atoms with Crippen LogP contribution < -0.4 is 15.8 Å². The van der Waals surface area contributed by atoms with Gasteiger partial charge < -0.3 is 24.6 Å². The van der Waals surface area contributed by atoms with Gasteiger partial charge >= 0.3 is 12.4 Å². The van der Waals surface area contributed by atoms with Crippen molar-refractivity contribution in [1.29, 1.82) is 0 Å². The number of aromatic amines is 1. The first-order valence-corrected chi connectivity index (χ1v) is 11.7. The Morgan fingerprint density at radius 2 is 1.72 bits per heavy atom. The van der Waals surface area contributed by atoms with Gasteiger partial charge in [0.2, 0.25) is 11.9 Å². The van der Waals surface area contributed by atoms with Crippen LogP contribution in [0.15, 0.2) is 23.4 Å². The molecule has 0 aliphatic carbocycles. The maximum Gasteiger partial charge on any atom is 0.423 e. The molecule has 0 saturated carbocycles. The lowest BCUT2D eigenvalue weighted by molar-refractivity contribution is -0.139. The lowest BCUT2D eigenvalue weighted by Gasteiger charge is -2.34. The first-order valence-electron chi connectivity index (χ1n) is 11.7. The standard InChI is InChI=1S/C22H27F6N7O4/c1-13(38-2)16(32-15-11-31-33-19(37)18(15)22(26,27)28)12-39-8-3-17(36)34-4-6-35(7-5-34)20-29-9-14(10-30-20)21(23,24)25/h9-11,13,16H,3-8,12H2,1-2H3,(H2,32,33,37)/t13-,16+/m0/s1. The Balaban J connectivity index is 1.48. The number of H-pyrrole nitrogens is 1. The second-order valence-electron chi connectivity index (χ2n) is 8.64. The van der Waals surface area contributed by atoms with Crippen LogP contribution in [-0.2, 0) is 26.6 Å². The number of nitrogens with one attached hydrogen (secondary N) is 2. The Hall–Kier alpha value is -3.47. The van der Waals surface area contributed by atoms with Crippen LogP contribution in [0.25, 0.3) is 0 Å². The average Bonchev–Trinajstić information content (AvgIpc) is 2.88. The van der Waals surface area contributed by atoms with E-state index in [0.717, 1.165) is 6.20 Å². The van der Waals surface area contributed by atoms with E-state index in [9.17, 15) is 35.9 Å². The zero-order valence-electron chi connectivity index (χ0n) is 21.0. The van der Waals surface area contributed by atoms with Crippen LogP contribution in [-0.4, -0.2) is 89.6 Å². The predicted octanol–water partition coefficient (Wildman–Crippen LogP) is 2.17. The van der Waals surface area contributed by atoms with Gasteiger partial charge in [0.05, 0.1) is 49.2 Å². The van der Waals surface area contributed by atoms with Crippen LogP contribution in [0.2, 0.25) is 0 Å². The molecule has 2 atom stereocenters. The molecule has 0 spiro atoms. The molecule has 1 aliphatic rings. The van der Waals surface area contributed by atoms with E-state index < -0.39 is 46.9 Å². The molecule has 1 aliphatic heterocycles. The number of piperazine rings is 1. The van der Waals surface area contributed by atoms with Crippen LogP contribution >= 0.6 is 0 Å². The number of hydrogen-bond donors (Lipinski definition) is 2. The third-order valence-electron chi connectivity index (χ3n) is 6.06. The van der Waals surface area contributed by atoms with E-state index in [0.29, 0.717) is 38.6 Å². The third-order valence-corrected chi connectivity index (χ3v) is 6.06. The van der Waals surface area contributed by atoms with Crippen molar-refractivity contribution >= 4 is 17.5 Å². The van der Waals surface area contributed by atoms with E-state index in [1.165, 1.54) is 7.11 Å². The number of nitrogens with zero attached hydrogens (tertiary/aromatic N) is 5. The summed E-state index contributed by atoms with van der Waals surface area (Å²) in [6.07, 6.45) is -7.83. The highest BCUT2D eigenvalue weighted by molar-refractivity contribution is 5.76. The summed E-state index contributed by atoms with van der Waals surface area (Å²) in [4.78, 5) is 35.0. The van der Waals surface area contributed by atoms with Gasteiger partial charge in [-0.1, -0.05) is 0 Å². The highest BCUT2D eigenvalue weighted by Gasteiger charge is 2.38. The fraction of sp³-hybridized carbons (Fsp3) is 0.591. The number of rotatable bonds is 10. The predicted molar refractivity (Wildman–Crippen MR) is 125 cm³/mol. The molecule has 3 rings (SSSR count). The van der Waals surface area contributed by atoms with E-state index in [1.54, 1.807) is 21.8 Å². The number of aromatic nitrogens is 4. The smallest absolute Gasteiger partial charge is 0.380 e. The van der Waals surface area contributed by atoms with Crippen molar-refractivity contribution in [2.75, 3.05) is 56.7 Å². The Morgan fingerprint density at radius 3 is 2.28 bits per heavy atom. The molecular weight excluding hydrogens is 540 g/mol. The number of ether oxygens (including phenoxy) is 2. The SMILES string of the molecule is CO[C@@H](C)[C@@H](COCCC(=O)N1CCN(c2ncc(C(F)(F)F)cn2)CC1)Nc1cn[nH]c(=O)c1C(F)(F)F. The maximum absolute atomic E-state index is 13.4. The highest BCUT2D eigenvalue weighted by Crippen LogP contribution is 2.32. The fourth-order valence-electron chi connectivity index (χ4n) is 3.76. The normalized spacial score (nSPS) is 16.2. The van der Waals surface area contributed by atoms with E-state index in [-0.39, 0.29) is 31.5 Å². The number of hydrogen-bond acceptors (Lipinski definition) is 9. The number of amides is 1. The highest BCUT2D eigenvalue weighted by atomic mass is 19.4. The summed E-state index contributed by atoms with van der Waals surface area (Å²) in [6.45, 7) is 2.66. The fourth-order valence-corrected chi connectivity index (χ4v) is 3.76. The van der Waals surface area contributed by atoms with Crippen molar-refractivity contribution in [3.05, 3.63) is 40.1 Å². The molecule has 0 radical (unpaired) electrons. The van der Waals surface area contributed by atoms with Crippen LogP contribution in [0.1, 0.15) is 24.5 Å². The van der Waals surface area contributed by atoms with Gasteiger partial charge in [-0.2, -0.15) is 31.4 Å².